The van der Waals surface area contributed by atoms with Crippen LogP contribution in [0.1, 0.15) is 19.3 Å². The number of aliphatic hydroxyl groups excluding tert-OH is 1. The number of thiocarbonyl (C=S) groups is 1. The van der Waals surface area contributed by atoms with Crippen LogP contribution in [-0.2, 0) is 14.8 Å². The van der Waals surface area contributed by atoms with E-state index in [1.54, 1.807) is 24.3 Å². The van der Waals surface area contributed by atoms with E-state index in [2.05, 4.69) is 5.32 Å². The zero-order chi connectivity index (χ0) is 18.6. The molecule has 0 saturated carbocycles. The summed E-state index contributed by atoms with van der Waals surface area (Å²) < 4.78 is 31.9. The van der Waals surface area contributed by atoms with Crippen molar-refractivity contribution >= 4 is 33.0 Å². The molecule has 2 aliphatic rings. The summed E-state index contributed by atoms with van der Waals surface area (Å²) in [5, 5.41) is 13.2. The lowest BCUT2D eigenvalue weighted by molar-refractivity contribution is 0.0730. The van der Waals surface area contributed by atoms with Gasteiger partial charge in [0.1, 0.15) is 0 Å². The molecule has 0 amide bonds. The molecular weight excluding hydrogens is 374 g/mol. The quantitative estimate of drug-likeness (QED) is 0.738. The van der Waals surface area contributed by atoms with Gasteiger partial charge in [0.2, 0.25) is 10.0 Å². The average molecular weight is 400 g/mol. The topological polar surface area (TPSA) is 82.1 Å². The van der Waals surface area contributed by atoms with Gasteiger partial charge in [-0.3, -0.25) is 0 Å². The Balaban J connectivity index is 1.66. The molecule has 1 aromatic rings. The number of likely N-dealkylation sites (tertiary alicyclic amines) is 1. The van der Waals surface area contributed by atoms with Crippen LogP contribution < -0.4 is 5.32 Å². The van der Waals surface area contributed by atoms with E-state index in [0.29, 0.717) is 31.4 Å². The molecule has 2 aliphatic heterocycles. The first kappa shape index (κ1) is 19.5. The molecular formula is C17H25N3O4S2. The van der Waals surface area contributed by atoms with E-state index >= 15 is 0 Å². The van der Waals surface area contributed by atoms with E-state index < -0.39 is 10.0 Å². The standard InChI is InChI=1S/C17H25N3O4S2/c21-13-15-3-1-2-8-20(15)17(25)18-14-4-6-16(7-5-14)26(22,23)19-9-11-24-12-10-19/h4-7,15,21H,1-3,8-13H2,(H,18,25)/t15-/m0/s1. The molecule has 26 heavy (non-hydrogen) atoms. The zero-order valence-electron chi connectivity index (χ0n) is 14.6. The van der Waals surface area contributed by atoms with Crippen LogP contribution in [0.5, 0.6) is 0 Å². The molecule has 0 spiro atoms. The Bertz CT molecular complexity index is 718. The van der Waals surface area contributed by atoms with Gasteiger partial charge in [0.05, 0.1) is 30.8 Å². The summed E-state index contributed by atoms with van der Waals surface area (Å²) in [6.07, 6.45) is 3.07. The lowest BCUT2D eigenvalue weighted by Gasteiger charge is -2.36. The highest BCUT2D eigenvalue weighted by Crippen LogP contribution is 2.21. The van der Waals surface area contributed by atoms with Crippen LogP contribution >= 0.6 is 12.2 Å². The van der Waals surface area contributed by atoms with E-state index in [1.807, 2.05) is 4.90 Å². The maximum Gasteiger partial charge on any atom is 0.243 e. The highest BCUT2D eigenvalue weighted by molar-refractivity contribution is 7.89. The molecule has 2 saturated heterocycles. The minimum atomic E-state index is -3.49. The summed E-state index contributed by atoms with van der Waals surface area (Å²) >= 11 is 5.47. The van der Waals surface area contributed by atoms with E-state index in [4.69, 9.17) is 17.0 Å². The first-order valence-corrected chi connectivity index (χ1v) is 10.7. The number of benzene rings is 1. The van der Waals surface area contributed by atoms with Gasteiger partial charge in [0.15, 0.2) is 5.11 Å². The van der Waals surface area contributed by atoms with Crippen molar-refractivity contribution in [3.63, 3.8) is 0 Å². The SMILES string of the molecule is O=S(=O)(c1ccc(NC(=S)N2CCCC[C@H]2CO)cc1)N1CCOCC1. The summed E-state index contributed by atoms with van der Waals surface area (Å²) in [6.45, 7) is 2.51. The molecule has 0 aromatic heterocycles. The number of piperidine rings is 1. The third-order valence-corrected chi connectivity index (χ3v) is 7.06. The molecule has 7 nitrogen and oxygen atoms in total. The second-order valence-corrected chi connectivity index (χ2v) is 8.82. The number of rotatable bonds is 4. The van der Waals surface area contributed by atoms with Crippen molar-refractivity contribution < 1.29 is 18.3 Å². The molecule has 0 radical (unpaired) electrons. The molecule has 2 heterocycles. The Morgan fingerprint density at radius 3 is 2.54 bits per heavy atom. The van der Waals surface area contributed by atoms with E-state index in [1.165, 1.54) is 4.31 Å². The predicted molar refractivity (Wildman–Crippen MR) is 104 cm³/mol. The maximum atomic E-state index is 12.6. The first-order valence-electron chi connectivity index (χ1n) is 8.89. The highest BCUT2D eigenvalue weighted by atomic mass is 32.2. The van der Waals surface area contributed by atoms with Gasteiger partial charge >= 0.3 is 0 Å². The molecule has 2 fully saturated rings. The van der Waals surface area contributed by atoms with Gasteiger partial charge in [-0.2, -0.15) is 4.31 Å². The number of morpholine rings is 1. The van der Waals surface area contributed by atoms with Gasteiger partial charge in [-0.25, -0.2) is 8.42 Å². The van der Waals surface area contributed by atoms with Crippen LogP contribution in [0.15, 0.2) is 29.2 Å². The highest BCUT2D eigenvalue weighted by Gasteiger charge is 2.27. The van der Waals surface area contributed by atoms with Crippen LogP contribution in [0.2, 0.25) is 0 Å². The summed E-state index contributed by atoms with van der Waals surface area (Å²) in [5.41, 5.74) is 0.734. The van der Waals surface area contributed by atoms with Crippen molar-refractivity contribution in [1.82, 2.24) is 9.21 Å². The number of hydrogen-bond donors (Lipinski definition) is 2. The predicted octanol–water partition coefficient (Wildman–Crippen LogP) is 1.25. The van der Waals surface area contributed by atoms with E-state index in [-0.39, 0.29) is 17.5 Å². The van der Waals surface area contributed by atoms with Gasteiger partial charge < -0.3 is 20.1 Å². The molecule has 0 aliphatic carbocycles. The second kappa shape index (κ2) is 8.62. The summed E-state index contributed by atoms with van der Waals surface area (Å²) in [7, 11) is -3.49. The van der Waals surface area contributed by atoms with Gasteiger partial charge in [0, 0.05) is 25.3 Å². The number of nitrogens with one attached hydrogen (secondary N) is 1. The Kier molecular flexibility index (Phi) is 6.46. The molecule has 144 valence electrons. The van der Waals surface area contributed by atoms with Gasteiger partial charge in [-0.05, 0) is 55.7 Å². The van der Waals surface area contributed by atoms with E-state index in [0.717, 1.165) is 31.5 Å². The zero-order valence-corrected chi connectivity index (χ0v) is 16.3. The Hall–Kier alpha value is -1.26. The van der Waals surface area contributed by atoms with Crippen molar-refractivity contribution in [2.24, 2.45) is 0 Å². The minimum Gasteiger partial charge on any atom is -0.394 e. The van der Waals surface area contributed by atoms with Gasteiger partial charge in [-0.1, -0.05) is 0 Å². The average Bonchev–Trinajstić information content (AvgIpc) is 2.69. The van der Waals surface area contributed by atoms with Crippen LogP contribution in [0.25, 0.3) is 0 Å². The van der Waals surface area contributed by atoms with Crippen molar-refractivity contribution in [3.05, 3.63) is 24.3 Å². The fraction of sp³-hybridized carbons (Fsp3) is 0.588. The summed E-state index contributed by atoms with van der Waals surface area (Å²) in [5.74, 6) is 0. The maximum absolute atomic E-state index is 12.6. The monoisotopic (exact) mass is 399 g/mol. The third-order valence-electron chi connectivity index (χ3n) is 4.81. The Morgan fingerprint density at radius 2 is 1.88 bits per heavy atom. The lowest BCUT2D eigenvalue weighted by Crippen LogP contribution is -2.47. The molecule has 3 rings (SSSR count). The number of sulfonamides is 1. The molecule has 1 aromatic carbocycles. The lowest BCUT2D eigenvalue weighted by atomic mass is 10.0. The van der Waals surface area contributed by atoms with Gasteiger partial charge in [0.25, 0.3) is 0 Å². The summed E-state index contributed by atoms with van der Waals surface area (Å²) in [4.78, 5) is 2.28. The molecule has 1 atom stereocenters. The Morgan fingerprint density at radius 1 is 1.19 bits per heavy atom. The Labute approximate surface area is 160 Å². The first-order chi connectivity index (χ1) is 12.5. The molecule has 0 unspecified atom stereocenters. The largest absolute Gasteiger partial charge is 0.394 e. The van der Waals surface area contributed by atoms with Crippen molar-refractivity contribution in [2.75, 3.05) is 44.8 Å². The van der Waals surface area contributed by atoms with Crippen molar-refractivity contribution in [3.8, 4) is 0 Å². The number of hydrogen-bond acceptors (Lipinski definition) is 5. The van der Waals surface area contributed by atoms with Crippen LogP contribution in [0.3, 0.4) is 0 Å². The number of aliphatic hydroxyl groups is 1. The van der Waals surface area contributed by atoms with Crippen molar-refractivity contribution in [1.29, 1.82) is 0 Å². The van der Waals surface area contributed by atoms with E-state index in [9.17, 15) is 13.5 Å². The van der Waals surface area contributed by atoms with Crippen LogP contribution in [-0.4, -0.2) is 73.3 Å². The summed E-state index contributed by atoms with van der Waals surface area (Å²) in [6, 6.07) is 6.67. The molecule has 2 N–H and O–H groups in total. The fourth-order valence-electron chi connectivity index (χ4n) is 3.30. The molecule has 0 bridgehead atoms. The number of nitrogens with zero attached hydrogens (tertiary/aromatic N) is 2. The third kappa shape index (κ3) is 4.34. The second-order valence-electron chi connectivity index (χ2n) is 6.50. The van der Waals surface area contributed by atoms with Crippen LogP contribution in [0.4, 0.5) is 5.69 Å². The van der Waals surface area contributed by atoms with Crippen molar-refractivity contribution in [2.45, 2.75) is 30.2 Å². The molecule has 9 heteroatoms. The number of ether oxygens (including phenoxy) is 1. The van der Waals surface area contributed by atoms with Crippen LogP contribution in [0, 0.1) is 0 Å². The smallest absolute Gasteiger partial charge is 0.243 e. The normalized spacial score (nSPS) is 22.2. The number of anilines is 1. The van der Waals surface area contributed by atoms with Gasteiger partial charge in [-0.15, -0.1) is 0 Å². The minimum absolute atomic E-state index is 0.0460. The fourth-order valence-corrected chi connectivity index (χ4v) is 5.07.